The van der Waals surface area contributed by atoms with E-state index in [1.54, 1.807) is 24.0 Å². The second-order valence-corrected chi connectivity index (χ2v) is 5.87. The van der Waals surface area contributed by atoms with Crippen molar-refractivity contribution in [1.29, 1.82) is 0 Å². The largest absolute Gasteiger partial charge is 0.396 e. The third-order valence-corrected chi connectivity index (χ3v) is 4.41. The van der Waals surface area contributed by atoms with Gasteiger partial charge in [-0.3, -0.25) is 15.1 Å². The van der Waals surface area contributed by atoms with Crippen molar-refractivity contribution in [3.8, 4) is 0 Å². The molecule has 106 valence electrons. The van der Waals surface area contributed by atoms with Gasteiger partial charge in [-0.05, 0) is 25.0 Å². The smallest absolute Gasteiger partial charge is 0.278 e. The van der Waals surface area contributed by atoms with Crippen LogP contribution in [0.15, 0.2) is 29.3 Å². The summed E-state index contributed by atoms with van der Waals surface area (Å²) in [7, 11) is 0. The van der Waals surface area contributed by atoms with E-state index in [0.29, 0.717) is 5.39 Å². The van der Waals surface area contributed by atoms with Gasteiger partial charge < -0.3 is 5.11 Å². The molecule has 0 amide bonds. The highest BCUT2D eigenvalue weighted by molar-refractivity contribution is 7.99. The van der Waals surface area contributed by atoms with Gasteiger partial charge in [0.15, 0.2) is 0 Å². The number of aliphatic hydroxyl groups excluding tert-OH is 1. The van der Waals surface area contributed by atoms with Crippen molar-refractivity contribution >= 4 is 28.2 Å². The zero-order valence-electron chi connectivity index (χ0n) is 11.4. The van der Waals surface area contributed by atoms with Crippen molar-refractivity contribution < 1.29 is 10.0 Å². The highest BCUT2D eigenvalue weighted by atomic mass is 32.2. The van der Waals surface area contributed by atoms with Gasteiger partial charge in [0.2, 0.25) is 0 Å². The van der Waals surface area contributed by atoms with Crippen LogP contribution in [0.5, 0.6) is 0 Å². The number of nitro benzene ring substituents is 1. The maximum absolute atomic E-state index is 11.1. The highest BCUT2D eigenvalue weighted by Gasteiger charge is 2.15. The van der Waals surface area contributed by atoms with Gasteiger partial charge in [-0.1, -0.05) is 6.92 Å². The highest BCUT2D eigenvalue weighted by Crippen LogP contribution is 2.34. The first-order valence-electron chi connectivity index (χ1n) is 6.30. The molecule has 0 saturated heterocycles. The molecule has 20 heavy (non-hydrogen) atoms. The number of fused-ring (bicyclic) bond motifs is 1. The minimum absolute atomic E-state index is 0.0760. The lowest BCUT2D eigenvalue weighted by molar-refractivity contribution is -0.383. The number of aromatic nitrogens is 1. The van der Waals surface area contributed by atoms with E-state index >= 15 is 0 Å². The number of pyridine rings is 1. The second-order valence-electron chi connectivity index (χ2n) is 4.81. The maximum atomic E-state index is 11.1. The number of thioether (sulfide) groups is 1. The number of hydrogen-bond acceptors (Lipinski definition) is 5. The Hall–Kier alpha value is -1.66. The fraction of sp³-hybridized carbons (Fsp3) is 0.357. The summed E-state index contributed by atoms with van der Waals surface area (Å²) in [4.78, 5) is 15.8. The molecule has 6 heteroatoms. The van der Waals surface area contributed by atoms with Crippen LogP contribution in [0, 0.1) is 23.0 Å². The summed E-state index contributed by atoms with van der Waals surface area (Å²) < 4.78 is 0. The summed E-state index contributed by atoms with van der Waals surface area (Å²) in [5.41, 5.74) is 0.905. The Morgan fingerprint density at radius 2 is 2.20 bits per heavy atom. The molecule has 1 atom stereocenters. The molecule has 2 rings (SSSR count). The van der Waals surface area contributed by atoms with Crippen LogP contribution in [-0.4, -0.2) is 27.4 Å². The summed E-state index contributed by atoms with van der Waals surface area (Å²) in [6, 6.07) is 5.16. The molecule has 0 aliphatic rings. The molecule has 1 aromatic heterocycles. The third kappa shape index (κ3) is 3.08. The van der Waals surface area contributed by atoms with Gasteiger partial charge in [-0.2, -0.15) is 0 Å². The molecule has 5 nitrogen and oxygen atoms in total. The minimum atomic E-state index is -0.385. The lowest BCUT2D eigenvalue weighted by atomic mass is 10.1. The molecule has 1 unspecified atom stereocenters. The average molecular weight is 292 g/mol. The molecule has 0 fully saturated rings. The number of aryl methyl sites for hydroxylation is 1. The van der Waals surface area contributed by atoms with Crippen molar-refractivity contribution in [1.82, 2.24) is 4.98 Å². The number of benzene rings is 1. The zero-order chi connectivity index (χ0) is 14.7. The van der Waals surface area contributed by atoms with Crippen LogP contribution in [0.2, 0.25) is 0 Å². The van der Waals surface area contributed by atoms with E-state index < -0.39 is 0 Å². The molecule has 0 aliphatic carbocycles. The quantitative estimate of drug-likeness (QED) is 0.520. The zero-order valence-corrected chi connectivity index (χ0v) is 12.2. The van der Waals surface area contributed by atoms with Crippen molar-refractivity contribution in [3.05, 3.63) is 40.2 Å². The fourth-order valence-electron chi connectivity index (χ4n) is 1.87. The molecular formula is C14H16N2O3S. The van der Waals surface area contributed by atoms with Crippen molar-refractivity contribution in [2.24, 2.45) is 5.92 Å². The monoisotopic (exact) mass is 292 g/mol. The topological polar surface area (TPSA) is 76.3 Å². The molecule has 0 radical (unpaired) electrons. The first kappa shape index (κ1) is 14.7. The van der Waals surface area contributed by atoms with E-state index in [1.165, 1.54) is 6.07 Å². The lowest BCUT2D eigenvalue weighted by Gasteiger charge is -2.10. The number of aliphatic hydroxyl groups is 1. The molecule has 0 aliphatic heterocycles. The summed E-state index contributed by atoms with van der Waals surface area (Å²) >= 11 is 1.60. The normalized spacial score (nSPS) is 12.6. The number of rotatable bonds is 5. The number of nitrogens with zero attached hydrogens (tertiary/aromatic N) is 2. The third-order valence-electron chi connectivity index (χ3n) is 3.01. The van der Waals surface area contributed by atoms with Gasteiger partial charge in [0.05, 0.1) is 10.3 Å². The Labute approximate surface area is 121 Å². The minimum Gasteiger partial charge on any atom is -0.396 e. The van der Waals surface area contributed by atoms with Crippen molar-refractivity contribution in [2.45, 2.75) is 18.7 Å². The molecule has 1 aromatic carbocycles. The number of nitro groups is 1. The SMILES string of the molecule is Cc1cc2c(SCC(C)CO)ccc([N+](=O)[O-])c2cn1. The van der Waals surface area contributed by atoms with Gasteiger partial charge in [0, 0.05) is 40.6 Å². The van der Waals surface area contributed by atoms with E-state index in [2.05, 4.69) is 4.98 Å². The molecular weight excluding hydrogens is 276 g/mol. The van der Waals surface area contributed by atoms with Gasteiger partial charge in [-0.15, -0.1) is 11.8 Å². The van der Waals surface area contributed by atoms with E-state index in [-0.39, 0.29) is 23.1 Å². The van der Waals surface area contributed by atoms with E-state index in [4.69, 9.17) is 5.11 Å². The van der Waals surface area contributed by atoms with Crippen molar-refractivity contribution in [2.75, 3.05) is 12.4 Å². The Balaban J connectivity index is 2.48. The van der Waals surface area contributed by atoms with Crippen LogP contribution in [0.4, 0.5) is 5.69 Å². The summed E-state index contributed by atoms with van der Waals surface area (Å²) in [5.74, 6) is 0.957. The molecule has 0 bridgehead atoms. The summed E-state index contributed by atoms with van der Waals surface area (Å²) in [5, 5.41) is 21.5. The Bertz CT molecular complexity index is 646. The molecule has 2 aromatic rings. The first-order chi connectivity index (χ1) is 9.52. The van der Waals surface area contributed by atoms with E-state index in [1.807, 2.05) is 19.9 Å². The molecule has 1 heterocycles. The van der Waals surface area contributed by atoms with Crippen LogP contribution in [0.25, 0.3) is 10.8 Å². The van der Waals surface area contributed by atoms with Crippen LogP contribution in [0.1, 0.15) is 12.6 Å². The van der Waals surface area contributed by atoms with Gasteiger partial charge >= 0.3 is 0 Å². The van der Waals surface area contributed by atoms with E-state index in [0.717, 1.165) is 21.7 Å². The molecule has 0 saturated carbocycles. The predicted octanol–water partition coefficient (Wildman–Crippen LogP) is 3.17. The predicted molar refractivity (Wildman–Crippen MR) is 80.1 cm³/mol. The fourth-order valence-corrected chi connectivity index (χ4v) is 2.93. The Kier molecular flexibility index (Phi) is 4.57. The lowest BCUT2D eigenvalue weighted by Crippen LogP contribution is -2.03. The van der Waals surface area contributed by atoms with Crippen LogP contribution in [0.3, 0.4) is 0 Å². The second kappa shape index (κ2) is 6.19. The van der Waals surface area contributed by atoms with Crippen LogP contribution < -0.4 is 0 Å². The first-order valence-corrected chi connectivity index (χ1v) is 7.29. The number of hydrogen-bond donors (Lipinski definition) is 1. The Morgan fingerprint density at radius 1 is 1.45 bits per heavy atom. The van der Waals surface area contributed by atoms with Crippen molar-refractivity contribution in [3.63, 3.8) is 0 Å². The van der Waals surface area contributed by atoms with Gasteiger partial charge in [0.25, 0.3) is 5.69 Å². The number of non-ortho nitro benzene ring substituents is 1. The molecule has 1 N–H and O–H groups in total. The average Bonchev–Trinajstić information content (AvgIpc) is 2.43. The maximum Gasteiger partial charge on any atom is 0.278 e. The summed E-state index contributed by atoms with van der Waals surface area (Å²) in [6.45, 7) is 3.97. The van der Waals surface area contributed by atoms with E-state index in [9.17, 15) is 10.1 Å². The Morgan fingerprint density at radius 3 is 2.85 bits per heavy atom. The van der Waals surface area contributed by atoms with Crippen LogP contribution >= 0.6 is 11.8 Å². The van der Waals surface area contributed by atoms with Gasteiger partial charge in [-0.25, -0.2) is 0 Å². The van der Waals surface area contributed by atoms with Crippen LogP contribution in [-0.2, 0) is 0 Å². The summed E-state index contributed by atoms with van der Waals surface area (Å²) in [6.07, 6.45) is 1.56. The molecule has 0 spiro atoms. The standard InChI is InChI=1S/C14H16N2O3S/c1-9(7-17)8-20-14-4-3-13(16(18)19)12-6-15-10(2)5-11(12)14/h3-6,9,17H,7-8H2,1-2H3. The van der Waals surface area contributed by atoms with Gasteiger partial charge in [0.1, 0.15) is 0 Å².